The van der Waals surface area contributed by atoms with Crippen LogP contribution in [0.5, 0.6) is 5.75 Å². The van der Waals surface area contributed by atoms with Crippen molar-refractivity contribution in [2.45, 2.75) is 19.0 Å². The SMILES string of the molecule is O=C(Cc1cccc(C(F)(F)F)c1)Nc1cccc2c(O)c(CCO)ccc12. The third kappa shape index (κ3) is 4.26. The summed E-state index contributed by atoms with van der Waals surface area (Å²) in [6, 6.07) is 13.0. The van der Waals surface area contributed by atoms with Gasteiger partial charge in [-0.3, -0.25) is 4.79 Å². The molecule has 0 saturated heterocycles. The van der Waals surface area contributed by atoms with Crippen LogP contribution in [0.25, 0.3) is 10.8 Å². The third-order valence-electron chi connectivity index (χ3n) is 4.39. The van der Waals surface area contributed by atoms with Crippen molar-refractivity contribution in [2.24, 2.45) is 0 Å². The molecule has 3 N–H and O–H groups in total. The van der Waals surface area contributed by atoms with Crippen LogP contribution in [0.2, 0.25) is 0 Å². The summed E-state index contributed by atoms with van der Waals surface area (Å²) in [5.41, 5.74) is 0.479. The molecule has 0 bridgehead atoms. The number of phenolic OH excluding ortho intramolecular Hbond substituents is 1. The van der Waals surface area contributed by atoms with Gasteiger partial charge in [-0.1, -0.05) is 42.5 Å². The topological polar surface area (TPSA) is 69.6 Å². The number of benzene rings is 3. The number of carbonyl (C=O) groups is 1. The van der Waals surface area contributed by atoms with Crippen molar-refractivity contribution in [3.8, 4) is 5.75 Å². The second kappa shape index (κ2) is 7.90. The molecule has 0 aliphatic heterocycles. The van der Waals surface area contributed by atoms with Crippen molar-refractivity contribution in [1.29, 1.82) is 0 Å². The van der Waals surface area contributed by atoms with Gasteiger partial charge in [0, 0.05) is 23.1 Å². The first-order valence-electron chi connectivity index (χ1n) is 8.60. The zero-order valence-electron chi connectivity index (χ0n) is 14.8. The molecule has 0 saturated carbocycles. The van der Waals surface area contributed by atoms with E-state index in [-0.39, 0.29) is 24.3 Å². The molecule has 3 aromatic carbocycles. The number of carbonyl (C=O) groups excluding carboxylic acids is 1. The summed E-state index contributed by atoms with van der Waals surface area (Å²) in [7, 11) is 0. The van der Waals surface area contributed by atoms with Gasteiger partial charge in [0.1, 0.15) is 5.75 Å². The first kappa shape index (κ1) is 19.7. The zero-order valence-corrected chi connectivity index (χ0v) is 14.8. The Morgan fingerprint density at radius 3 is 2.46 bits per heavy atom. The van der Waals surface area contributed by atoms with E-state index < -0.39 is 17.6 Å². The lowest BCUT2D eigenvalue weighted by Gasteiger charge is -2.12. The first-order valence-corrected chi connectivity index (χ1v) is 8.60. The number of fused-ring (bicyclic) bond motifs is 1. The number of phenols is 1. The van der Waals surface area contributed by atoms with Crippen molar-refractivity contribution in [3.63, 3.8) is 0 Å². The minimum Gasteiger partial charge on any atom is -0.507 e. The molecule has 28 heavy (non-hydrogen) atoms. The molecule has 0 aliphatic carbocycles. The molecule has 146 valence electrons. The highest BCUT2D eigenvalue weighted by Gasteiger charge is 2.30. The number of halogens is 3. The standard InChI is InChI=1S/C21H18F3NO3/c22-21(23,24)15-4-1-3-13(11-15)12-19(27)25-18-6-2-5-17-16(18)8-7-14(9-10-26)20(17)28/h1-8,11,26,28H,9-10,12H2,(H,25,27). The highest BCUT2D eigenvalue weighted by atomic mass is 19.4. The Balaban J connectivity index is 1.83. The number of amides is 1. The molecule has 4 nitrogen and oxygen atoms in total. The molecule has 0 radical (unpaired) electrons. The second-order valence-electron chi connectivity index (χ2n) is 6.37. The predicted molar refractivity (Wildman–Crippen MR) is 100 cm³/mol. The number of aromatic hydroxyl groups is 1. The maximum Gasteiger partial charge on any atom is 0.416 e. The normalized spacial score (nSPS) is 11.6. The summed E-state index contributed by atoms with van der Waals surface area (Å²) in [4.78, 5) is 12.4. The largest absolute Gasteiger partial charge is 0.507 e. The fourth-order valence-corrected chi connectivity index (χ4v) is 3.06. The van der Waals surface area contributed by atoms with E-state index >= 15 is 0 Å². The summed E-state index contributed by atoms with van der Waals surface area (Å²) in [6.45, 7) is -0.105. The number of hydrogen-bond acceptors (Lipinski definition) is 3. The monoisotopic (exact) mass is 389 g/mol. The molecule has 3 rings (SSSR count). The van der Waals surface area contributed by atoms with Gasteiger partial charge >= 0.3 is 6.18 Å². The fourth-order valence-electron chi connectivity index (χ4n) is 3.06. The van der Waals surface area contributed by atoms with E-state index in [1.807, 2.05) is 0 Å². The second-order valence-corrected chi connectivity index (χ2v) is 6.37. The lowest BCUT2D eigenvalue weighted by molar-refractivity contribution is -0.137. The van der Waals surface area contributed by atoms with Gasteiger partial charge in [0.15, 0.2) is 0 Å². The number of hydrogen-bond donors (Lipinski definition) is 3. The van der Waals surface area contributed by atoms with Gasteiger partial charge < -0.3 is 15.5 Å². The Morgan fingerprint density at radius 1 is 1.00 bits per heavy atom. The smallest absolute Gasteiger partial charge is 0.416 e. The molecule has 0 heterocycles. The van der Waals surface area contributed by atoms with Crippen molar-refractivity contribution in [3.05, 3.63) is 71.3 Å². The van der Waals surface area contributed by atoms with E-state index in [1.165, 1.54) is 12.1 Å². The van der Waals surface area contributed by atoms with Gasteiger partial charge in [0.2, 0.25) is 5.91 Å². The van der Waals surface area contributed by atoms with Gasteiger partial charge in [-0.2, -0.15) is 13.2 Å². The van der Waals surface area contributed by atoms with Crippen molar-refractivity contribution in [2.75, 3.05) is 11.9 Å². The van der Waals surface area contributed by atoms with Crippen LogP contribution >= 0.6 is 0 Å². The molecule has 0 unspecified atom stereocenters. The molecule has 3 aromatic rings. The van der Waals surface area contributed by atoms with Crippen LogP contribution in [0.4, 0.5) is 18.9 Å². The summed E-state index contributed by atoms with van der Waals surface area (Å²) in [5.74, 6) is -0.439. The predicted octanol–water partition coefficient (Wildman–Crippen LogP) is 4.28. The average Bonchev–Trinajstić information content (AvgIpc) is 2.64. The summed E-state index contributed by atoms with van der Waals surface area (Å²) in [6.07, 6.45) is -4.38. The maximum atomic E-state index is 12.8. The number of alkyl halides is 3. The number of anilines is 1. The van der Waals surface area contributed by atoms with Crippen molar-refractivity contribution < 1.29 is 28.2 Å². The van der Waals surface area contributed by atoms with Crippen LogP contribution in [0.1, 0.15) is 16.7 Å². The number of aliphatic hydroxyl groups excluding tert-OH is 1. The quantitative estimate of drug-likeness (QED) is 0.610. The van der Waals surface area contributed by atoms with Crippen LogP contribution < -0.4 is 5.32 Å². The fraction of sp³-hybridized carbons (Fsp3) is 0.190. The summed E-state index contributed by atoms with van der Waals surface area (Å²) >= 11 is 0. The number of rotatable bonds is 5. The highest BCUT2D eigenvalue weighted by molar-refractivity contribution is 6.04. The molecule has 0 fully saturated rings. The first-order chi connectivity index (χ1) is 13.3. The van der Waals surface area contributed by atoms with E-state index in [0.29, 0.717) is 28.4 Å². The Bertz CT molecular complexity index is 1020. The van der Waals surface area contributed by atoms with Gasteiger partial charge in [0.25, 0.3) is 0 Å². The molecule has 0 aromatic heterocycles. The minimum atomic E-state index is -4.47. The lowest BCUT2D eigenvalue weighted by atomic mass is 10.0. The van der Waals surface area contributed by atoms with E-state index in [2.05, 4.69) is 5.32 Å². The Hall–Kier alpha value is -3.06. The molecule has 1 amide bonds. The maximum absolute atomic E-state index is 12.8. The van der Waals surface area contributed by atoms with E-state index in [0.717, 1.165) is 12.1 Å². The van der Waals surface area contributed by atoms with Crippen LogP contribution in [0.15, 0.2) is 54.6 Å². The van der Waals surface area contributed by atoms with Crippen LogP contribution in [-0.4, -0.2) is 22.7 Å². The van der Waals surface area contributed by atoms with E-state index in [4.69, 9.17) is 5.11 Å². The Labute approximate surface area is 159 Å². The summed E-state index contributed by atoms with van der Waals surface area (Å²) in [5, 5.41) is 23.2. The van der Waals surface area contributed by atoms with Crippen LogP contribution in [-0.2, 0) is 23.8 Å². The van der Waals surface area contributed by atoms with E-state index in [1.54, 1.807) is 30.3 Å². The van der Waals surface area contributed by atoms with Crippen molar-refractivity contribution in [1.82, 2.24) is 0 Å². The Morgan fingerprint density at radius 2 is 1.75 bits per heavy atom. The lowest BCUT2D eigenvalue weighted by Crippen LogP contribution is -2.15. The van der Waals surface area contributed by atoms with Gasteiger partial charge in [-0.25, -0.2) is 0 Å². The average molecular weight is 389 g/mol. The van der Waals surface area contributed by atoms with E-state index in [9.17, 15) is 23.1 Å². The van der Waals surface area contributed by atoms with Gasteiger partial charge in [0.05, 0.1) is 12.0 Å². The van der Waals surface area contributed by atoms with Gasteiger partial charge in [-0.05, 0) is 29.7 Å². The number of aliphatic hydroxyl groups is 1. The Kier molecular flexibility index (Phi) is 5.56. The highest BCUT2D eigenvalue weighted by Crippen LogP contribution is 2.33. The minimum absolute atomic E-state index is 0.0283. The molecule has 0 spiro atoms. The zero-order chi connectivity index (χ0) is 20.3. The van der Waals surface area contributed by atoms with Gasteiger partial charge in [-0.15, -0.1) is 0 Å². The molecule has 0 aliphatic rings. The molecular weight excluding hydrogens is 371 g/mol. The molecule has 7 heteroatoms. The third-order valence-corrected chi connectivity index (χ3v) is 4.39. The molecular formula is C21H18F3NO3. The van der Waals surface area contributed by atoms with Crippen LogP contribution in [0.3, 0.4) is 0 Å². The summed E-state index contributed by atoms with van der Waals surface area (Å²) < 4.78 is 38.4. The van der Waals surface area contributed by atoms with Crippen molar-refractivity contribution >= 4 is 22.4 Å². The van der Waals surface area contributed by atoms with Crippen LogP contribution in [0, 0.1) is 0 Å². The number of nitrogens with one attached hydrogen (secondary N) is 1. The molecule has 0 atom stereocenters.